The molecule has 0 saturated carbocycles. The second-order valence-electron chi connectivity index (χ2n) is 9.22. The number of ether oxygens (including phenoxy) is 2. The number of nitrogens with one attached hydrogen (secondary N) is 1. The molecule has 1 saturated heterocycles. The summed E-state index contributed by atoms with van der Waals surface area (Å²) in [5.41, 5.74) is -1.21. The van der Waals surface area contributed by atoms with Crippen molar-refractivity contribution in [1.29, 1.82) is 0 Å². The summed E-state index contributed by atoms with van der Waals surface area (Å²) in [4.78, 5) is 25.8. The molecule has 1 aromatic carbocycles. The van der Waals surface area contributed by atoms with Crippen molar-refractivity contribution in [3.8, 4) is 5.75 Å². The molecule has 32 heavy (non-hydrogen) atoms. The van der Waals surface area contributed by atoms with Crippen LogP contribution in [0.15, 0.2) is 12.1 Å². The summed E-state index contributed by atoms with van der Waals surface area (Å²) in [5, 5.41) is 11.3. The number of likely N-dealkylation sites (tertiary alicyclic amines) is 1. The van der Waals surface area contributed by atoms with E-state index in [0.29, 0.717) is 25.4 Å². The Hall–Kier alpha value is -2.42. The van der Waals surface area contributed by atoms with Gasteiger partial charge in [0, 0.05) is 31.3 Å². The molecule has 0 aliphatic carbocycles. The SMILES string of the molecule is C[C@H](CO)NC(=O)c1c(F)cc(OCCCC2CCN(C(=O)OC(C)(C)C)CC2)cc1F. The van der Waals surface area contributed by atoms with Crippen LogP contribution in [0.3, 0.4) is 0 Å². The van der Waals surface area contributed by atoms with Crippen molar-refractivity contribution in [2.75, 3.05) is 26.3 Å². The number of nitrogens with zero attached hydrogens (tertiary/aromatic N) is 1. The second-order valence-corrected chi connectivity index (χ2v) is 9.22. The van der Waals surface area contributed by atoms with Gasteiger partial charge in [-0.15, -0.1) is 0 Å². The van der Waals surface area contributed by atoms with Gasteiger partial charge < -0.3 is 24.8 Å². The first kappa shape index (κ1) is 25.8. The lowest BCUT2D eigenvalue weighted by Crippen LogP contribution is -2.41. The van der Waals surface area contributed by atoms with Crippen LogP contribution in [0, 0.1) is 17.6 Å². The van der Waals surface area contributed by atoms with Crippen LogP contribution < -0.4 is 10.1 Å². The molecule has 1 atom stereocenters. The Labute approximate surface area is 188 Å². The highest BCUT2D eigenvalue weighted by atomic mass is 19.1. The maximum atomic E-state index is 14.2. The number of benzene rings is 1. The molecule has 0 unspecified atom stereocenters. The van der Waals surface area contributed by atoms with E-state index in [4.69, 9.17) is 14.6 Å². The Balaban J connectivity index is 1.76. The van der Waals surface area contributed by atoms with Gasteiger partial charge in [0.15, 0.2) is 0 Å². The Kier molecular flexibility index (Phi) is 9.24. The molecule has 0 aromatic heterocycles. The number of amides is 2. The summed E-state index contributed by atoms with van der Waals surface area (Å²) in [6.07, 6.45) is 3.05. The van der Waals surface area contributed by atoms with E-state index < -0.39 is 34.7 Å². The number of carbonyl (C=O) groups excluding carboxylic acids is 2. The largest absolute Gasteiger partial charge is 0.493 e. The van der Waals surface area contributed by atoms with Gasteiger partial charge in [-0.2, -0.15) is 0 Å². The standard InChI is InChI=1S/C23H34F2N2O5/c1-15(14-28)26-21(29)20-18(24)12-17(13-19(20)25)31-11-5-6-16-7-9-27(10-8-16)22(30)32-23(2,3)4/h12-13,15-16,28H,5-11,14H2,1-4H3,(H,26,29)/t15-/m1/s1. The van der Waals surface area contributed by atoms with Crippen molar-refractivity contribution in [3.63, 3.8) is 0 Å². The molecule has 2 rings (SSSR count). The first-order valence-corrected chi connectivity index (χ1v) is 11.0. The van der Waals surface area contributed by atoms with E-state index in [-0.39, 0.29) is 25.1 Å². The fraction of sp³-hybridized carbons (Fsp3) is 0.652. The molecule has 0 spiro atoms. The number of hydrogen-bond acceptors (Lipinski definition) is 5. The number of carbonyl (C=O) groups is 2. The van der Waals surface area contributed by atoms with E-state index in [1.54, 1.807) is 4.90 Å². The molecular formula is C23H34F2N2O5. The fourth-order valence-electron chi connectivity index (χ4n) is 3.48. The van der Waals surface area contributed by atoms with Crippen molar-refractivity contribution in [1.82, 2.24) is 10.2 Å². The molecule has 1 aliphatic rings. The van der Waals surface area contributed by atoms with E-state index in [2.05, 4.69) is 5.32 Å². The lowest BCUT2D eigenvalue weighted by molar-refractivity contribution is 0.0179. The van der Waals surface area contributed by atoms with Crippen LogP contribution in [0.25, 0.3) is 0 Å². The lowest BCUT2D eigenvalue weighted by Gasteiger charge is -2.33. The van der Waals surface area contributed by atoms with Crippen molar-refractivity contribution < 1.29 is 33.0 Å². The molecular weight excluding hydrogens is 422 g/mol. The second kappa shape index (κ2) is 11.4. The summed E-state index contributed by atoms with van der Waals surface area (Å²) >= 11 is 0. The van der Waals surface area contributed by atoms with Crippen molar-refractivity contribution in [3.05, 3.63) is 29.3 Å². The quantitative estimate of drug-likeness (QED) is 0.580. The van der Waals surface area contributed by atoms with Gasteiger partial charge >= 0.3 is 6.09 Å². The normalized spacial score (nSPS) is 15.9. The van der Waals surface area contributed by atoms with Crippen LogP contribution in [0.2, 0.25) is 0 Å². The number of rotatable bonds is 8. The van der Waals surface area contributed by atoms with Gasteiger partial charge in [-0.3, -0.25) is 4.79 Å². The van der Waals surface area contributed by atoms with Crippen LogP contribution in [-0.4, -0.2) is 60.0 Å². The summed E-state index contributed by atoms with van der Waals surface area (Å²) in [6, 6.07) is 1.36. The van der Waals surface area contributed by atoms with Gasteiger partial charge in [0.25, 0.3) is 5.91 Å². The number of piperidine rings is 1. The average Bonchev–Trinajstić information content (AvgIpc) is 2.69. The minimum Gasteiger partial charge on any atom is -0.493 e. The predicted molar refractivity (Wildman–Crippen MR) is 116 cm³/mol. The summed E-state index contributed by atoms with van der Waals surface area (Å²) in [5.74, 6) is -2.49. The smallest absolute Gasteiger partial charge is 0.410 e. The number of halogens is 2. The molecule has 0 bridgehead atoms. The molecule has 180 valence electrons. The minimum absolute atomic E-state index is 0.0199. The first-order valence-electron chi connectivity index (χ1n) is 11.0. The van der Waals surface area contributed by atoms with Gasteiger partial charge in [0.1, 0.15) is 28.5 Å². The third-order valence-electron chi connectivity index (χ3n) is 5.19. The summed E-state index contributed by atoms with van der Waals surface area (Å²) in [7, 11) is 0. The van der Waals surface area contributed by atoms with Crippen LogP contribution >= 0.6 is 0 Å². The number of aliphatic hydroxyl groups excluding tert-OH is 1. The van der Waals surface area contributed by atoms with Gasteiger partial charge in [0.2, 0.25) is 0 Å². The lowest BCUT2D eigenvalue weighted by atomic mass is 9.92. The van der Waals surface area contributed by atoms with Crippen molar-refractivity contribution >= 4 is 12.0 Å². The fourth-order valence-corrected chi connectivity index (χ4v) is 3.48. The monoisotopic (exact) mass is 456 g/mol. The van der Waals surface area contributed by atoms with Crippen LogP contribution in [0.4, 0.5) is 13.6 Å². The zero-order valence-corrected chi connectivity index (χ0v) is 19.2. The van der Waals surface area contributed by atoms with E-state index in [9.17, 15) is 18.4 Å². The third kappa shape index (κ3) is 7.93. The third-order valence-corrected chi connectivity index (χ3v) is 5.19. The predicted octanol–water partition coefficient (Wildman–Crippen LogP) is 3.88. The Bertz CT molecular complexity index is 766. The van der Waals surface area contributed by atoms with Gasteiger partial charge in [-0.05, 0) is 59.3 Å². The Morgan fingerprint density at radius 2 is 1.81 bits per heavy atom. The highest BCUT2D eigenvalue weighted by Crippen LogP contribution is 2.25. The van der Waals surface area contributed by atoms with E-state index >= 15 is 0 Å². The molecule has 1 fully saturated rings. The molecule has 1 aromatic rings. The maximum Gasteiger partial charge on any atom is 0.410 e. The van der Waals surface area contributed by atoms with Crippen molar-refractivity contribution in [2.24, 2.45) is 5.92 Å². The first-order chi connectivity index (χ1) is 15.0. The summed E-state index contributed by atoms with van der Waals surface area (Å²) in [6.45, 7) is 8.30. The van der Waals surface area contributed by atoms with Gasteiger partial charge in [-0.1, -0.05) is 0 Å². The van der Waals surface area contributed by atoms with E-state index in [0.717, 1.165) is 31.4 Å². The van der Waals surface area contributed by atoms with Gasteiger partial charge in [0.05, 0.1) is 13.2 Å². The minimum atomic E-state index is -1.02. The number of hydrogen-bond donors (Lipinski definition) is 2. The maximum absolute atomic E-state index is 14.2. The summed E-state index contributed by atoms with van der Waals surface area (Å²) < 4.78 is 39.3. The molecule has 1 aliphatic heterocycles. The van der Waals surface area contributed by atoms with Crippen LogP contribution in [0.1, 0.15) is 63.7 Å². The van der Waals surface area contributed by atoms with Crippen molar-refractivity contribution in [2.45, 2.75) is 65.0 Å². The Morgan fingerprint density at radius 3 is 2.34 bits per heavy atom. The molecule has 2 amide bonds. The van der Waals surface area contributed by atoms with Crippen LogP contribution in [0.5, 0.6) is 5.75 Å². The molecule has 0 radical (unpaired) electrons. The van der Waals surface area contributed by atoms with Crippen LogP contribution in [-0.2, 0) is 4.74 Å². The zero-order valence-electron chi connectivity index (χ0n) is 19.2. The van der Waals surface area contributed by atoms with Gasteiger partial charge in [-0.25, -0.2) is 13.6 Å². The highest BCUT2D eigenvalue weighted by molar-refractivity contribution is 5.95. The van der Waals surface area contributed by atoms with E-state index in [1.807, 2.05) is 20.8 Å². The topological polar surface area (TPSA) is 88.1 Å². The molecule has 1 heterocycles. The van der Waals surface area contributed by atoms with E-state index in [1.165, 1.54) is 6.92 Å². The number of aliphatic hydroxyl groups is 1. The Morgan fingerprint density at radius 1 is 1.22 bits per heavy atom. The molecule has 2 N–H and O–H groups in total. The zero-order chi connectivity index (χ0) is 23.9. The molecule has 7 nitrogen and oxygen atoms in total. The average molecular weight is 457 g/mol. The highest BCUT2D eigenvalue weighted by Gasteiger charge is 2.26. The molecule has 9 heteroatoms.